The van der Waals surface area contributed by atoms with Crippen LogP contribution in [0.1, 0.15) is 35.9 Å². The number of ether oxygens (including phenoxy) is 3. The van der Waals surface area contributed by atoms with Crippen molar-refractivity contribution in [3.8, 4) is 11.5 Å². The molecule has 0 spiro atoms. The van der Waals surface area contributed by atoms with E-state index >= 15 is 0 Å². The van der Waals surface area contributed by atoms with Crippen LogP contribution in [0.15, 0.2) is 51.9 Å². The average Bonchev–Trinajstić information content (AvgIpc) is 3.24. The lowest BCUT2D eigenvalue weighted by atomic mass is 10.1. The molecule has 0 unspecified atom stereocenters. The van der Waals surface area contributed by atoms with Crippen molar-refractivity contribution < 1.29 is 31.9 Å². The number of esters is 1. The molecule has 3 aromatic rings. The number of rotatable bonds is 8. The quantitative estimate of drug-likeness (QED) is 0.490. The standard InChI is InChI=1S/C22H23N3O7S/c1-14(2)11-20-23-21(32-24-20)13-31-22(26)15-3-5-16(6-4-15)25-33(27,28)17-7-8-18-19(12-17)30-10-9-29-18/h3-8,12,14,25H,9-11,13H2,1-2H3. The molecule has 4 rings (SSSR count). The largest absolute Gasteiger partial charge is 0.486 e. The minimum Gasteiger partial charge on any atom is -0.486 e. The predicted molar refractivity (Wildman–Crippen MR) is 117 cm³/mol. The molecular weight excluding hydrogens is 450 g/mol. The van der Waals surface area contributed by atoms with Crippen LogP contribution < -0.4 is 14.2 Å². The lowest BCUT2D eigenvalue weighted by Crippen LogP contribution is -2.17. The number of nitrogens with zero attached hydrogens (tertiary/aromatic N) is 2. The van der Waals surface area contributed by atoms with Crippen LogP contribution in [-0.4, -0.2) is 37.7 Å². The summed E-state index contributed by atoms with van der Waals surface area (Å²) in [5.74, 6) is 1.43. The summed E-state index contributed by atoms with van der Waals surface area (Å²) in [4.78, 5) is 16.5. The van der Waals surface area contributed by atoms with Gasteiger partial charge in [-0.25, -0.2) is 13.2 Å². The van der Waals surface area contributed by atoms with E-state index in [4.69, 9.17) is 18.7 Å². The van der Waals surface area contributed by atoms with Gasteiger partial charge in [-0.3, -0.25) is 4.72 Å². The van der Waals surface area contributed by atoms with Crippen LogP contribution in [-0.2, 0) is 27.8 Å². The number of hydrogen-bond acceptors (Lipinski definition) is 9. The zero-order valence-corrected chi connectivity index (χ0v) is 18.9. The van der Waals surface area contributed by atoms with E-state index in [0.29, 0.717) is 42.9 Å². The van der Waals surface area contributed by atoms with E-state index in [2.05, 4.69) is 14.9 Å². The number of nitrogens with one attached hydrogen (secondary N) is 1. The fraction of sp³-hybridized carbons (Fsp3) is 0.318. The SMILES string of the molecule is CC(C)Cc1noc(COC(=O)c2ccc(NS(=O)(=O)c3ccc4c(c3)OCCO4)cc2)n1. The third-order valence-electron chi connectivity index (χ3n) is 4.62. The maximum Gasteiger partial charge on any atom is 0.338 e. The fourth-order valence-corrected chi connectivity index (χ4v) is 4.16. The molecule has 1 aromatic heterocycles. The highest BCUT2D eigenvalue weighted by Crippen LogP contribution is 2.32. The van der Waals surface area contributed by atoms with Gasteiger partial charge >= 0.3 is 5.97 Å². The van der Waals surface area contributed by atoms with Crippen LogP contribution in [0.25, 0.3) is 0 Å². The lowest BCUT2D eigenvalue weighted by Gasteiger charge is -2.19. The summed E-state index contributed by atoms with van der Waals surface area (Å²) < 4.78 is 49.0. The van der Waals surface area contributed by atoms with Crippen LogP contribution in [0.4, 0.5) is 5.69 Å². The van der Waals surface area contributed by atoms with Gasteiger partial charge in [-0.1, -0.05) is 19.0 Å². The molecule has 1 N–H and O–H groups in total. The van der Waals surface area contributed by atoms with Gasteiger partial charge in [0.25, 0.3) is 15.9 Å². The van der Waals surface area contributed by atoms with Crippen molar-refractivity contribution >= 4 is 21.7 Å². The molecule has 0 fully saturated rings. The Morgan fingerprint density at radius 2 is 1.82 bits per heavy atom. The lowest BCUT2D eigenvalue weighted by molar-refractivity contribution is 0.0430. The van der Waals surface area contributed by atoms with Crippen LogP contribution in [0.3, 0.4) is 0 Å². The molecular formula is C22H23N3O7S. The Balaban J connectivity index is 1.36. The second-order valence-corrected chi connectivity index (χ2v) is 9.45. The van der Waals surface area contributed by atoms with Crippen molar-refractivity contribution in [2.75, 3.05) is 17.9 Å². The van der Waals surface area contributed by atoms with Gasteiger partial charge in [0.15, 0.2) is 23.9 Å². The summed E-state index contributed by atoms with van der Waals surface area (Å²) in [7, 11) is -3.86. The third-order valence-corrected chi connectivity index (χ3v) is 6.00. The highest BCUT2D eigenvalue weighted by molar-refractivity contribution is 7.92. The molecule has 10 nitrogen and oxygen atoms in total. The van der Waals surface area contributed by atoms with Gasteiger partial charge in [0.05, 0.1) is 10.5 Å². The number of hydrogen-bond donors (Lipinski definition) is 1. The van der Waals surface area contributed by atoms with Gasteiger partial charge < -0.3 is 18.7 Å². The zero-order chi connectivity index (χ0) is 23.4. The summed E-state index contributed by atoms with van der Waals surface area (Å²) in [6, 6.07) is 10.3. The highest BCUT2D eigenvalue weighted by Gasteiger charge is 2.20. The number of carbonyl (C=O) groups is 1. The normalized spacial score (nSPS) is 13.1. The van der Waals surface area contributed by atoms with E-state index in [1.165, 1.54) is 36.4 Å². The van der Waals surface area contributed by atoms with Gasteiger partial charge in [0, 0.05) is 18.2 Å². The maximum absolute atomic E-state index is 12.7. The van der Waals surface area contributed by atoms with Crippen LogP contribution in [0.2, 0.25) is 0 Å². The Morgan fingerprint density at radius 1 is 1.09 bits per heavy atom. The molecule has 0 amide bonds. The summed E-state index contributed by atoms with van der Waals surface area (Å²) >= 11 is 0. The molecule has 33 heavy (non-hydrogen) atoms. The van der Waals surface area contributed by atoms with E-state index in [-0.39, 0.29) is 28.6 Å². The zero-order valence-electron chi connectivity index (χ0n) is 18.1. The molecule has 0 aliphatic carbocycles. The second-order valence-electron chi connectivity index (χ2n) is 7.77. The van der Waals surface area contributed by atoms with Crippen LogP contribution in [0, 0.1) is 5.92 Å². The van der Waals surface area contributed by atoms with Crippen LogP contribution >= 0.6 is 0 Å². The molecule has 0 atom stereocenters. The minimum absolute atomic E-state index is 0.0339. The molecule has 0 saturated carbocycles. The predicted octanol–water partition coefficient (Wildman–Crippen LogP) is 3.20. The van der Waals surface area contributed by atoms with Crippen molar-refractivity contribution in [2.45, 2.75) is 31.8 Å². The fourth-order valence-electron chi connectivity index (χ4n) is 3.09. The van der Waals surface area contributed by atoms with Gasteiger partial charge in [0.2, 0.25) is 0 Å². The summed E-state index contributed by atoms with van der Waals surface area (Å²) in [6.45, 7) is 4.70. The first-order valence-electron chi connectivity index (χ1n) is 10.3. The highest BCUT2D eigenvalue weighted by atomic mass is 32.2. The Kier molecular flexibility index (Phi) is 6.50. The molecule has 11 heteroatoms. The summed E-state index contributed by atoms with van der Waals surface area (Å²) in [5, 5.41) is 3.84. The molecule has 1 aliphatic heterocycles. The Hall–Kier alpha value is -3.60. The Bertz CT molecular complexity index is 1240. The van der Waals surface area contributed by atoms with E-state index in [0.717, 1.165) is 0 Å². The smallest absolute Gasteiger partial charge is 0.338 e. The molecule has 2 aromatic carbocycles. The van der Waals surface area contributed by atoms with Gasteiger partial charge in [-0.15, -0.1) is 0 Å². The third kappa shape index (κ3) is 5.61. The van der Waals surface area contributed by atoms with Crippen molar-refractivity contribution in [1.82, 2.24) is 10.1 Å². The molecule has 0 saturated heterocycles. The number of anilines is 1. The van der Waals surface area contributed by atoms with Gasteiger partial charge in [0.1, 0.15) is 13.2 Å². The van der Waals surface area contributed by atoms with E-state index < -0.39 is 16.0 Å². The second kappa shape index (κ2) is 9.49. The minimum atomic E-state index is -3.86. The average molecular weight is 474 g/mol. The monoisotopic (exact) mass is 473 g/mol. The van der Waals surface area contributed by atoms with E-state index in [1.807, 2.05) is 13.8 Å². The number of aromatic nitrogens is 2. The maximum atomic E-state index is 12.7. The molecule has 174 valence electrons. The van der Waals surface area contributed by atoms with Crippen molar-refractivity contribution in [3.05, 3.63) is 59.7 Å². The number of fused-ring (bicyclic) bond motifs is 1. The molecule has 0 radical (unpaired) electrons. The van der Waals surface area contributed by atoms with Gasteiger partial charge in [-0.05, 0) is 42.3 Å². The Labute approximate surface area is 190 Å². The number of carbonyl (C=O) groups excluding carboxylic acids is 1. The van der Waals surface area contributed by atoms with Crippen molar-refractivity contribution in [3.63, 3.8) is 0 Å². The van der Waals surface area contributed by atoms with Gasteiger partial charge in [-0.2, -0.15) is 4.98 Å². The molecule has 2 heterocycles. The van der Waals surface area contributed by atoms with E-state index in [9.17, 15) is 13.2 Å². The number of sulfonamides is 1. The van der Waals surface area contributed by atoms with Crippen LogP contribution in [0.5, 0.6) is 11.5 Å². The topological polar surface area (TPSA) is 130 Å². The first-order chi connectivity index (χ1) is 15.8. The number of benzene rings is 2. The van der Waals surface area contributed by atoms with E-state index in [1.54, 1.807) is 6.07 Å². The summed E-state index contributed by atoms with van der Waals surface area (Å²) in [5.41, 5.74) is 0.538. The van der Waals surface area contributed by atoms with Crippen molar-refractivity contribution in [2.24, 2.45) is 5.92 Å². The molecule has 0 bridgehead atoms. The van der Waals surface area contributed by atoms with Crippen molar-refractivity contribution in [1.29, 1.82) is 0 Å². The first-order valence-corrected chi connectivity index (χ1v) is 11.8. The Morgan fingerprint density at radius 3 is 2.55 bits per heavy atom. The molecule has 1 aliphatic rings. The summed E-state index contributed by atoms with van der Waals surface area (Å²) in [6.07, 6.45) is 0.668. The first kappa shape index (κ1) is 22.6.